The molecule has 7 heteroatoms. The molecule has 25 heavy (non-hydrogen) atoms. The molecule has 2 aromatic carbocycles. The number of aromatic nitrogens is 1. The monoisotopic (exact) mass is 373 g/mol. The highest BCUT2D eigenvalue weighted by molar-refractivity contribution is 7.21. The average Bonchev–Trinajstić information content (AvgIpc) is 3.05. The Balaban J connectivity index is 1.86. The van der Waals surface area contributed by atoms with Gasteiger partial charge in [0, 0.05) is 34.9 Å². The minimum atomic E-state index is -0.445. The third-order valence-electron chi connectivity index (χ3n) is 4.21. The predicted octanol–water partition coefficient (Wildman–Crippen LogP) is 3.55. The molecule has 128 valence electrons. The largest absolute Gasteiger partial charge is 0.378 e. The van der Waals surface area contributed by atoms with Gasteiger partial charge in [-0.15, -0.1) is 11.3 Å². The number of nitrogens with two attached hydrogens (primary N) is 1. The van der Waals surface area contributed by atoms with E-state index in [0.717, 1.165) is 39.6 Å². The number of nitrogens with zero attached hydrogens (tertiary/aromatic N) is 2. The van der Waals surface area contributed by atoms with E-state index in [1.165, 1.54) is 0 Å². The summed E-state index contributed by atoms with van der Waals surface area (Å²) in [6.45, 7) is 2.98. The average molecular weight is 374 g/mol. The van der Waals surface area contributed by atoms with E-state index in [2.05, 4.69) is 4.90 Å². The van der Waals surface area contributed by atoms with Gasteiger partial charge in [0.15, 0.2) is 0 Å². The molecule has 5 nitrogen and oxygen atoms in total. The topological polar surface area (TPSA) is 68.5 Å². The molecule has 0 spiro atoms. The second-order valence-corrected chi connectivity index (χ2v) is 7.29. The van der Waals surface area contributed by atoms with E-state index < -0.39 is 5.91 Å². The first kappa shape index (κ1) is 16.3. The first-order chi connectivity index (χ1) is 12.1. The molecule has 4 rings (SSSR count). The van der Waals surface area contributed by atoms with Crippen LogP contribution in [0.4, 0.5) is 5.69 Å². The number of carbonyl (C=O) groups excluding carboxylic acids is 1. The molecule has 2 heterocycles. The van der Waals surface area contributed by atoms with E-state index in [0.29, 0.717) is 23.8 Å². The summed E-state index contributed by atoms with van der Waals surface area (Å²) in [5.41, 5.74) is 8.80. The predicted molar refractivity (Wildman–Crippen MR) is 102 cm³/mol. The lowest BCUT2D eigenvalue weighted by atomic mass is 10.1. The second kappa shape index (κ2) is 6.63. The fraction of sp³-hybridized carbons (Fsp3) is 0.222. The summed E-state index contributed by atoms with van der Waals surface area (Å²) in [6, 6.07) is 11.2. The quantitative estimate of drug-likeness (QED) is 0.762. The molecule has 3 aromatic rings. The number of hydrogen-bond donors (Lipinski definition) is 1. The van der Waals surface area contributed by atoms with Gasteiger partial charge in [-0.3, -0.25) is 4.79 Å². The number of rotatable bonds is 3. The van der Waals surface area contributed by atoms with Gasteiger partial charge in [-0.05, 0) is 36.4 Å². The lowest BCUT2D eigenvalue weighted by molar-refractivity contribution is 0.1000. The summed E-state index contributed by atoms with van der Waals surface area (Å²) in [5.74, 6) is -0.445. The normalized spacial score (nSPS) is 14.8. The van der Waals surface area contributed by atoms with Crippen molar-refractivity contribution >= 4 is 44.7 Å². The zero-order valence-electron chi connectivity index (χ0n) is 13.4. The molecular formula is C18H16ClN3O2S. The van der Waals surface area contributed by atoms with Gasteiger partial charge in [0.25, 0.3) is 0 Å². The van der Waals surface area contributed by atoms with Crippen LogP contribution < -0.4 is 10.6 Å². The van der Waals surface area contributed by atoms with E-state index >= 15 is 0 Å². The maximum Gasteiger partial charge on any atom is 0.248 e. The lowest BCUT2D eigenvalue weighted by Crippen LogP contribution is -2.36. The van der Waals surface area contributed by atoms with Crippen molar-refractivity contribution in [3.8, 4) is 10.6 Å². The van der Waals surface area contributed by atoms with Gasteiger partial charge >= 0.3 is 0 Å². The Morgan fingerprint density at radius 1 is 1.20 bits per heavy atom. The summed E-state index contributed by atoms with van der Waals surface area (Å²) >= 11 is 7.65. The van der Waals surface area contributed by atoms with E-state index in [-0.39, 0.29) is 0 Å². The van der Waals surface area contributed by atoms with Gasteiger partial charge in [-0.25, -0.2) is 4.98 Å². The Morgan fingerprint density at radius 3 is 2.76 bits per heavy atom. The molecule has 1 fully saturated rings. The summed E-state index contributed by atoms with van der Waals surface area (Å²) < 4.78 is 6.46. The Hall–Kier alpha value is -2.15. The van der Waals surface area contributed by atoms with E-state index in [4.69, 9.17) is 27.1 Å². The van der Waals surface area contributed by atoms with Crippen LogP contribution in [0.2, 0.25) is 5.02 Å². The van der Waals surface area contributed by atoms with Crippen molar-refractivity contribution in [2.24, 2.45) is 5.73 Å². The highest BCUT2D eigenvalue weighted by Gasteiger charge is 2.19. The zero-order valence-corrected chi connectivity index (χ0v) is 14.9. The third-order valence-corrected chi connectivity index (χ3v) is 5.50. The van der Waals surface area contributed by atoms with Gasteiger partial charge in [0.1, 0.15) is 5.01 Å². The maximum atomic E-state index is 11.6. The summed E-state index contributed by atoms with van der Waals surface area (Å²) in [7, 11) is 0. The van der Waals surface area contributed by atoms with Crippen LogP contribution >= 0.6 is 22.9 Å². The van der Waals surface area contributed by atoms with Gasteiger partial charge in [-0.2, -0.15) is 0 Å². The first-order valence-electron chi connectivity index (χ1n) is 7.95. The van der Waals surface area contributed by atoms with Crippen LogP contribution in [0.1, 0.15) is 10.4 Å². The SMILES string of the molecule is NC(=O)c1ccc(N2CCOCC2)c(-c2nc3ccc(Cl)cc3s2)c1. The minimum Gasteiger partial charge on any atom is -0.378 e. The van der Waals surface area contributed by atoms with Crippen LogP contribution in [-0.2, 0) is 4.74 Å². The number of morpholine rings is 1. The number of ether oxygens (including phenoxy) is 1. The number of primary amides is 1. The molecule has 0 atom stereocenters. The number of carbonyl (C=O) groups is 1. The fourth-order valence-electron chi connectivity index (χ4n) is 2.95. The van der Waals surface area contributed by atoms with Crippen molar-refractivity contribution in [2.45, 2.75) is 0 Å². The molecule has 1 amide bonds. The summed E-state index contributed by atoms with van der Waals surface area (Å²) in [6.07, 6.45) is 0. The van der Waals surface area contributed by atoms with Crippen LogP contribution in [0.25, 0.3) is 20.8 Å². The van der Waals surface area contributed by atoms with Gasteiger partial charge < -0.3 is 15.4 Å². The lowest BCUT2D eigenvalue weighted by Gasteiger charge is -2.30. The number of halogens is 1. The van der Waals surface area contributed by atoms with Crippen molar-refractivity contribution in [3.05, 3.63) is 47.0 Å². The molecule has 0 aliphatic carbocycles. The Bertz CT molecular complexity index is 951. The number of anilines is 1. The number of thiazole rings is 1. The molecule has 1 aromatic heterocycles. The van der Waals surface area contributed by atoms with Crippen LogP contribution in [-0.4, -0.2) is 37.2 Å². The number of fused-ring (bicyclic) bond motifs is 1. The molecule has 1 aliphatic rings. The van der Waals surface area contributed by atoms with E-state index in [1.807, 2.05) is 30.3 Å². The van der Waals surface area contributed by atoms with Crippen LogP contribution in [0.15, 0.2) is 36.4 Å². The third kappa shape index (κ3) is 3.20. The van der Waals surface area contributed by atoms with E-state index in [9.17, 15) is 4.79 Å². The summed E-state index contributed by atoms with van der Waals surface area (Å²) in [4.78, 5) is 18.6. The van der Waals surface area contributed by atoms with Crippen LogP contribution in [0, 0.1) is 0 Å². The van der Waals surface area contributed by atoms with Gasteiger partial charge in [-0.1, -0.05) is 11.6 Å². The van der Waals surface area contributed by atoms with Crippen molar-refractivity contribution in [1.29, 1.82) is 0 Å². The Kier molecular flexibility index (Phi) is 4.33. The van der Waals surface area contributed by atoms with Crippen molar-refractivity contribution in [1.82, 2.24) is 4.98 Å². The van der Waals surface area contributed by atoms with Crippen LogP contribution in [0.3, 0.4) is 0 Å². The van der Waals surface area contributed by atoms with Gasteiger partial charge in [0.05, 0.1) is 23.4 Å². The van der Waals surface area contributed by atoms with Crippen LogP contribution in [0.5, 0.6) is 0 Å². The molecular weight excluding hydrogens is 358 g/mol. The molecule has 0 unspecified atom stereocenters. The minimum absolute atomic E-state index is 0.445. The Morgan fingerprint density at radius 2 is 2.00 bits per heavy atom. The smallest absolute Gasteiger partial charge is 0.248 e. The second-order valence-electron chi connectivity index (χ2n) is 5.83. The molecule has 0 saturated carbocycles. The van der Waals surface area contributed by atoms with Crippen molar-refractivity contribution in [3.63, 3.8) is 0 Å². The van der Waals surface area contributed by atoms with Crippen molar-refractivity contribution in [2.75, 3.05) is 31.2 Å². The van der Waals surface area contributed by atoms with Crippen molar-refractivity contribution < 1.29 is 9.53 Å². The summed E-state index contributed by atoms with van der Waals surface area (Å²) in [5, 5.41) is 1.53. The Labute approximate surface area is 154 Å². The molecule has 0 radical (unpaired) electrons. The molecule has 2 N–H and O–H groups in total. The molecule has 1 saturated heterocycles. The number of amides is 1. The first-order valence-corrected chi connectivity index (χ1v) is 9.14. The molecule has 0 bridgehead atoms. The van der Waals surface area contributed by atoms with E-state index in [1.54, 1.807) is 17.4 Å². The van der Waals surface area contributed by atoms with Gasteiger partial charge in [0.2, 0.25) is 5.91 Å². The number of benzene rings is 2. The standard InChI is InChI=1S/C18H16ClN3O2S/c19-12-2-3-14-16(10-12)25-18(21-14)13-9-11(17(20)23)1-4-15(13)22-5-7-24-8-6-22/h1-4,9-10H,5-8H2,(H2,20,23). The molecule has 1 aliphatic heterocycles. The fourth-order valence-corrected chi connectivity index (χ4v) is 4.22. The number of hydrogen-bond acceptors (Lipinski definition) is 5. The highest BCUT2D eigenvalue weighted by atomic mass is 35.5. The zero-order chi connectivity index (χ0) is 17.4. The highest BCUT2D eigenvalue weighted by Crippen LogP contribution is 2.37. The maximum absolute atomic E-state index is 11.6.